The maximum Gasteiger partial charge on any atom is 0.225 e. The van der Waals surface area contributed by atoms with E-state index in [1.165, 1.54) is 5.69 Å². The Bertz CT molecular complexity index is 870. The monoisotopic (exact) mass is 379 g/mol. The van der Waals surface area contributed by atoms with Gasteiger partial charge in [-0.05, 0) is 31.3 Å². The molecule has 7 nitrogen and oxygen atoms in total. The molecule has 0 atom stereocenters. The molecule has 2 aromatic heterocycles. The molecule has 1 aliphatic rings. The number of anilines is 2. The van der Waals surface area contributed by atoms with E-state index >= 15 is 0 Å². The smallest absolute Gasteiger partial charge is 0.225 e. The fourth-order valence-electron chi connectivity index (χ4n) is 3.53. The van der Waals surface area contributed by atoms with Gasteiger partial charge >= 0.3 is 0 Å². The highest BCUT2D eigenvalue weighted by Crippen LogP contribution is 2.21. The number of nitrogens with zero attached hydrogens (tertiary/aromatic N) is 4. The van der Waals surface area contributed by atoms with E-state index in [0.29, 0.717) is 5.95 Å². The highest BCUT2D eigenvalue weighted by molar-refractivity contribution is 5.90. The maximum atomic E-state index is 4.74. The maximum absolute atomic E-state index is 4.74. The number of fused-ring (bicyclic) bond motifs is 1. The topological polar surface area (TPSA) is 72.1 Å². The van der Waals surface area contributed by atoms with E-state index in [1.54, 1.807) is 0 Å². The lowest BCUT2D eigenvalue weighted by atomic mass is 10.2. The van der Waals surface area contributed by atoms with E-state index in [9.17, 15) is 0 Å². The van der Waals surface area contributed by atoms with Crippen molar-refractivity contribution in [3.8, 4) is 0 Å². The first-order valence-corrected chi connectivity index (χ1v) is 10.1. The Kier molecular flexibility index (Phi) is 6.04. The molecule has 1 aliphatic heterocycles. The van der Waals surface area contributed by atoms with Gasteiger partial charge in [-0.15, -0.1) is 0 Å². The number of hydrogen-bond donors (Lipinski definition) is 3. The summed E-state index contributed by atoms with van der Waals surface area (Å²) in [5.74, 6) is 1.58. The molecule has 1 fully saturated rings. The molecule has 3 heterocycles. The third kappa shape index (κ3) is 4.79. The van der Waals surface area contributed by atoms with Gasteiger partial charge in [0.05, 0.1) is 5.52 Å². The van der Waals surface area contributed by atoms with Gasteiger partial charge in [-0.2, -0.15) is 4.98 Å². The highest BCUT2D eigenvalue weighted by atomic mass is 15.3. The second-order valence-electron chi connectivity index (χ2n) is 7.36. The van der Waals surface area contributed by atoms with Crippen LogP contribution in [0.5, 0.6) is 0 Å². The van der Waals surface area contributed by atoms with Crippen LogP contribution in [0.3, 0.4) is 0 Å². The molecule has 0 aliphatic carbocycles. The summed E-state index contributed by atoms with van der Waals surface area (Å²) < 4.78 is 0. The first kappa shape index (κ1) is 18.7. The van der Waals surface area contributed by atoms with Gasteiger partial charge in [0, 0.05) is 69.5 Å². The quantitative estimate of drug-likeness (QED) is 0.558. The van der Waals surface area contributed by atoms with Crippen molar-refractivity contribution in [1.29, 1.82) is 0 Å². The van der Waals surface area contributed by atoms with Gasteiger partial charge in [0.2, 0.25) is 5.95 Å². The van der Waals surface area contributed by atoms with E-state index in [2.05, 4.69) is 49.6 Å². The van der Waals surface area contributed by atoms with Gasteiger partial charge in [-0.25, -0.2) is 4.98 Å². The highest BCUT2D eigenvalue weighted by Gasteiger charge is 2.13. The lowest BCUT2D eigenvalue weighted by Gasteiger charge is -2.32. The van der Waals surface area contributed by atoms with Gasteiger partial charge in [-0.1, -0.05) is 12.1 Å². The lowest BCUT2D eigenvalue weighted by molar-refractivity contribution is 0.158. The number of piperazine rings is 1. The van der Waals surface area contributed by atoms with Gasteiger partial charge in [-0.3, -0.25) is 4.90 Å². The summed E-state index contributed by atoms with van der Waals surface area (Å²) in [6.45, 7) is 7.26. The summed E-state index contributed by atoms with van der Waals surface area (Å²) in [4.78, 5) is 17.5. The molecule has 0 radical (unpaired) electrons. The Morgan fingerprint density at radius 3 is 2.64 bits per heavy atom. The summed E-state index contributed by atoms with van der Waals surface area (Å²) in [7, 11) is 2.19. The standard InChI is InChI=1S/C21H29N7/c1-27-13-15-28(16-14-27)12-11-23-20-18-6-2-3-7-19(18)25-21(26-20)24-10-8-17-5-4-9-22-17/h2-7,9,22H,8,10-16H2,1H3,(H2,23,24,25,26). The summed E-state index contributed by atoms with van der Waals surface area (Å²) in [6.07, 6.45) is 2.86. The van der Waals surface area contributed by atoms with Crippen molar-refractivity contribution in [3.05, 3.63) is 48.3 Å². The van der Waals surface area contributed by atoms with Gasteiger partial charge < -0.3 is 20.5 Å². The molecular formula is C21H29N7. The average Bonchev–Trinajstić information content (AvgIpc) is 3.23. The normalized spacial score (nSPS) is 15.8. The molecule has 0 bridgehead atoms. The zero-order valence-electron chi connectivity index (χ0n) is 16.5. The molecule has 0 spiro atoms. The largest absolute Gasteiger partial charge is 0.368 e. The Balaban J connectivity index is 1.39. The summed E-state index contributed by atoms with van der Waals surface area (Å²) in [5, 5.41) is 7.97. The molecule has 28 heavy (non-hydrogen) atoms. The molecule has 1 saturated heterocycles. The SMILES string of the molecule is CN1CCN(CCNc2nc(NCCc3ccc[nH]3)nc3ccccc23)CC1. The molecule has 0 unspecified atom stereocenters. The van der Waals surface area contributed by atoms with Gasteiger partial charge in [0.15, 0.2) is 0 Å². The van der Waals surface area contributed by atoms with Crippen LogP contribution in [0.25, 0.3) is 10.9 Å². The second kappa shape index (κ2) is 9.03. The molecule has 1 aromatic carbocycles. The van der Waals surface area contributed by atoms with Crippen LogP contribution in [-0.2, 0) is 6.42 Å². The minimum absolute atomic E-state index is 0.673. The number of rotatable bonds is 8. The number of para-hydroxylation sites is 1. The van der Waals surface area contributed by atoms with Crippen LogP contribution < -0.4 is 10.6 Å². The van der Waals surface area contributed by atoms with Crippen molar-refractivity contribution in [2.75, 3.05) is 63.5 Å². The summed E-state index contributed by atoms with van der Waals surface area (Å²) in [5.41, 5.74) is 2.17. The predicted octanol–water partition coefficient (Wildman–Crippen LogP) is 2.27. The molecule has 0 saturated carbocycles. The number of nitrogens with one attached hydrogen (secondary N) is 3. The zero-order chi connectivity index (χ0) is 19.2. The number of aromatic nitrogens is 3. The number of benzene rings is 1. The van der Waals surface area contributed by atoms with E-state index in [-0.39, 0.29) is 0 Å². The van der Waals surface area contributed by atoms with E-state index in [4.69, 9.17) is 4.98 Å². The second-order valence-corrected chi connectivity index (χ2v) is 7.36. The first-order chi connectivity index (χ1) is 13.8. The number of hydrogen-bond acceptors (Lipinski definition) is 6. The number of aromatic amines is 1. The Morgan fingerprint density at radius 2 is 1.82 bits per heavy atom. The van der Waals surface area contributed by atoms with Crippen LogP contribution in [-0.4, -0.2) is 77.6 Å². The van der Waals surface area contributed by atoms with Crippen LogP contribution in [0.4, 0.5) is 11.8 Å². The van der Waals surface area contributed by atoms with Crippen molar-refractivity contribution in [2.24, 2.45) is 0 Å². The first-order valence-electron chi connectivity index (χ1n) is 10.1. The summed E-state index contributed by atoms with van der Waals surface area (Å²) >= 11 is 0. The van der Waals surface area contributed by atoms with Crippen LogP contribution >= 0.6 is 0 Å². The summed E-state index contributed by atoms with van der Waals surface area (Å²) in [6, 6.07) is 12.3. The van der Waals surface area contributed by atoms with Crippen molar-refractivity contribution in [2.45, 2.75) is 6.42 Å². The van der Waals surface area contributed by atoms with Crippen molar-refractivity contribution < 1.29 is 0 Å². The molecule has 4 rings (SSSR count). The zero-order valence-corrected chi connectivity index (χ0v) is 16.5. The Labute approximate surface area is 166 Å². The van der Waals surface area contributed by atoms with Crippen molar-refractivity contribution in [1.82, 2.24) is 24.8 Å². The average molecular weight is 380 g/mol. The fourth-order valence-corrected chi connectivity index (χ4v) is 3.53. The van der Waals surface area contributed by atoms with Gasteiger partial charge in [0.1, 0.15) is 5.82 Å². The minimum atomic E-state index is 0.673. The van der Waals surface area contributed by atoms with Crippen LogP contribution in [0, 0.1) is 0 Å². The number of H-pyrrole nitrogens is 1. The Morgan fingerprint density at radius 1 is 0.964 bits per heavy atom. The predicted molar refractivity (Wildman–Crippen MR) is 115 cm³/mol. The van der Waals surface area contributed by atoms with Crippen LogP contribution in [0.15, 0.2) is 42.6 Å². The van der Waals surface area contributed by atoms with Crippen LogP contribution in [0.1, 0.15) is 5.69 Å². The van der Waals surface area contributed by atoms with Crippen molar-refractivity contribution in [3.63, 3.8) is 0 Å². The molecular weight excluding hydrogens is 350 g/mol. The third-order valence-corrected chi connectivity index (χ3v) is 5.26. The molecule has 0 amide bonds. The van der Waals surface area contributed by atoms with E-state index in [0.717, 1.165) is 69.0 Å². The number of likely N-dealkylation sites (N-methyl/N-ethyl adjacent to an activating group) is 1. The Hall–Kier alpha value is -2.64. The van der Waals surface area contributed by atoms with Gasteiger partial charge in [0.25, 0.3) is 0 Å². The molecule has 3 N–H and O–H groups in total. The fraction of sp³-hybridized carbons (Fsp3) is 0.429. The van der Waals surface area contributed by atoms with Crippen LogP contribution in [0.2, 0.25) is 0 Å². The van der Waals surface area contributed by atoms with E-state index in [1.807, 2.05) is 30.5 Å². The minimum Gasteiger partial charge on any atom is -0.368 e. The lowest BCUT2D eigenvalue weighted by Crippen LogP contribution is -2.45. The van der Waals surface area contributed by atoms with Crippen molar-refractivity contribution >= 4 is 22.7 Å². The molecule has 3 aromatic rings. The third-order valence-electron chi connectivity index (χ3n) is 5.26. The molecule has 148 valence electrons. The molecule has 7 heteroatoms. The van der Waals surface area contributed by atoms with E-state index < -0.39 is 0 Å².